The topological polar surface area (TPSA) is 223 Å². The summed E-state index contributed by atoms with van der Waals surface area (Å²) in [5.74, 6) is -0.164. The molecule has 0 spiro atoms. The van der Waals surface area contributed by atoms with Crippen molar-refractivity contribution in [2.75, 3.05) is 14.2 Å². The van der Waals surface area contributed by atoms with Crippen LogP contribution in [0.2, 0.25) is 0 Å². The van der Waals surface area contributed by atoms with Crippen LogP contribution in [0.15, 0.2) is 52.5 Å². The van der Waals surface area contributed by atoms with Gasteiger partial charge in [-0.1, -0.05) is 50.5 Å². The second-order valence-electron chi connectivity index (χ2n) is 17.6. The molecule has 3 unspecified atom stereocenters. The van der Waals surface area contributed by atoms with Crippen molar-refractivity contribution in [1.29, 1.82) is 5.26 Å². The first-order chi connectivity index (χ1) is 34.5. The number of aromatic nitrogens is 8. The van der Waals surface area contributed by atoms with Crippen LogP contribution in [0.1, 0.15) is 163 Å². The van der Waals surface area contributed by atoms with Gasteiger partial charge in [-0.25, -0.2) is 14.4 Å². The number of nitrogens with one attached hydrogen (secondary N) is 2. The summed E-state index contributed by atoms with van der Waals surface area (Å²) < 4.78 is 9.80. The normalized spacial score (nSPS) is 19.4. The number of esters is 2. The fourth-order valence-corrected chi connectivity index (χ4v) is 18.2. The lowest BCUT2D eigenvalue weighted by Gasteiger charge is -2.29. The molecule has 8 aromatic rings. The van der Waals surface area contributed by atoms with Gasteiger partial charge >= 0.3 is 17.9 Å². The average Bonchev–Trinajstić information content (AvgIpc) is 4.24. The van der Waals surface area contributed by atoms with E-state index in [1.807, 2.05) is 18.2 Å². The number of carbonyl (C=O) groups excluding carboxylic acids is 2. The molecule has 8 aromatic heterocycles. The van der Waals surface area contributed by atoms with Gasteiger partial charge in [-0.05, 0) is 144 Å². The predicted molar refractivity (Wildman–Crippen MR) is 277 cm³/mol. The minimum Gasteiger partial charge on any atom is -0.477 e. The number of nitriles is 1. The number of hydrogen-bond acceptors (Lipinski definition) is 18. The Bertz CT molecular complexity index is 3210. The van der Waals surface area contributed by atoms with Crippen LogP contribution in [0.3, 0.4) is 0 Å². The van der Waals surface area contributed by atoms with Gasteiger partial charge in [0.15, 0.2) is 11.6 Å². The Labute approximate surface area is 434 Å². The number of carboxylic acids is 1. The van der Waals surface area contributed by atoms with Crippen molar-refractivity contribution >= 4 is 85.9 Å². The molecule has 0 saturated heterocycles. The molecular formula is C50H51N9O6S6. The predicted octanol–water partition coefficient (Wildman–Crippen LogP) is 10.9. The molecule has 0 aromatic carbocycles. The largest absolute Gasteiger partial charge is 0.477 e. The van der Waals surface area contributed by atoms with Crippen molar-refractivity contribution < 1.29 is 29.0 Å². The fourth-order valence-electron chi connectivity index (χ4n) is 10.6. The molecule has 0 bridgehead atoms. The van der Waals surface area contributed by atoms with Crippen molar-refractivity contribution in [2.45, 2.75) is 114 Å². The number of ether oxygens (including phenoxy) is 2. The van der Waals surface area contributed by atoms with Crippen LogP contribution in [-0.2, 0) is 64.2 Å². The van der Waals surface area contributed by atoms with Crippen molar-refractivity contribution in [3.8, 4) is 6.07 Å². The van der Waals surface area contributed by atoms with Crippen molar-refractivity contribution in [2.24, 2.45) is 0 Å². The van der Waals surface area contributed by atoms with E-state index in [2.05, 4.69) is 102 Å². The minimum atomic E-state index is -0.877. The zero-order valence-electron chi connectivity index (χ0n) is 39.7. The smallest absolute Gasteiger partial charge is 0.348 e. The lowest BCUT2D eigenvalue weighted by Crippen LogP contribution is -2.30. The molecule has 0 saturated carbocycles. The molecule has 3 aliphatic carbocycles. The SMILES string of the molecule is CCCC1(C#N)c2sccc2CCc2cc(C(=O)OC)sc21.CCCC1(c2nn[nH]n2)c2sccc2CCc2cc(C(=O)O)sc21.CCCC1(c2nn[nH]n2)c2sccc2CCc2cc(C(=O)OC)sc21. The Balaban J connectivity index is 0.000000132. The van der Waals surface area contributed by atoms with Gasteiger partial charge in [0.1, 0.15) is 30.9 Å². The molecule has 21 heteroatoms. The van der Waals surface area contributed by atoms with E-state index in [0.29, 0.717) is 26.3 Å². The summed E-state index contributed by atoms with van der Waals surface area (Å²) in [6.45, 7) is 6.39. The van der Waals surface area contributed by atoms with E-state index in [1.54, 1.807) is 34.0 Å². The Morgan fingerprint density at radius 3 is 1.39 bits per heavy atom. The van der Waals surface area contributed by atoms with Gasteiger partial charge in [0, 0.05) is 29.3 Å². The molecule has 8 heterocycles. The molecule has 3 aliphatic rings. The Kier molecular flexibility index (Phi) is 14.9. The number of aromatic carboxylic acids is 1. The second kappa shape index (κ2) is 21.1. The van der Waals surface area contributed by atoms with Crippen LogP contribution >= 0.6 is 68.0 Å². The highest BCUT2D eigenvalue weighted by atomic mass is 32.1. The number of thiophene rings is 6. The summed E-state index contributed by atoms with van der Waals surface area (Å²) in [5.41, 5.74) is 5.77. The van der Waals surface area contributed by atoms with Gasteiger partial charge in [-0.15, -0.1) is 88.4 Å². The molecule has 71 heavy (non-hydrogen) atoms. The highest BCUT2D eigenvalue weighted by Gasteiger charge is 2.48. The number of rotatable bonds is 11. The standard InChI is InChI=1S/C17H18N4O2S2.C17H17NO2S2.C16H16N4O2S2/c1-3-7-17(16-18-20-21-19-16)13-10(6-8-24-13)4-5-11-9-12(15(22)23-2)25-14(11)17;1-3-7-17(10-18)14-11(6-8-21-14)4-5-12-9-13(16(19)20-2)22-15(12)17;1-2-6-16(15-17-19-20-18-15)12-9(5-7-23-12)3-4-10-8-11(14(21)22)24-13(10)16/h6,8-9H,3-5,7H2,1-2H3,(H,18,19,20,21);6,8-9H,3-5,7H2,1-2H3;5,7-8H,2-4,6H2,1H3,(H,21,22)(H,17,18,19,20). The quantitative estimate of drug-likeness (QED) is 0.103. The van der Waals surface area contributed by atoms with Crippen molar-refractivity contribution in [3.05, 3.63) is 141 Å². The van der Waals surface area contributed by atoms with Gasteiger partial charge in [0.05, 0.1) is 20.3 Å². The number of hydrogen-bond donors (Lipinski definition) is 3. The second-order valence-corrected chi connectivity index (χ2v) is 23.5. The number of fused-ring (bicyclic) bond motifs is 6. The van der Waals surface area contributed by atoms with Crippen LogP contribution in [0.4, 0.5) is 0 Å². The average molecular weight is 1070 g/mol. The number of carboxylic acid groups (broad SMARTS) is 1. The molecule has 368 valence electrons. The fraction of sp³-hybridized carbons (Fsp3) is 0.400. The van der Waals surface area contributed by atoms with Gasteiger partial charge in [-0.3, -0.25) is 0 Å². The maximum Gasteiger partial charge on any atom is 0.348 e. The number of methoxy groups -OCH3 is 2. The maximum atomic E-state index is 12.1. The summed E-state index contributed by atoms with van der Waals surface area (Å²) in [5, 5.41) is 56.0. The summed E-state index contributed by atoms with van der Waals surface area (Å²) in [4.78, 5) is 44.0. The first kappa shape index (κ1) is 50.2. The third kappa shape index (κ3) is 8.79. The number of carbonyl (C=O) groups is 3. The molecule has 15 nitrogen and oxygen atoms in total. The molecule has 0 aliphatic heterocycles. The Hall–Kier alpha value is -5.76. The molecule has 0 radical (unpaired) electrons. The molecule has 3 atom stereocenters. The van der Waals surface area contributed by atoms with E-state index in [9.17, 15) is 24.8 Å². The number of H-pyrrole nitrogens is 2. The summed E-state index contributed by atoms with van der Waals surface area (Å²) in [7, 11) is 2.82. The first-order valence-corrected chi connectivity index (χ1v) is 28.5. The van der Waals surface area contributed by atoms with Crippen LogP contribution < -0.4 is 0 Å². The number of aryl methyl sites for hydroxylation is 6. The molecule has 0 amide bonds. The van der Waals surface area contributed by atoms with Gasteiger partial charge in [0.2, 0.25) is 0 Å². The van der Waals surface area contributed by atoms with E-state index in [-0.39, 0.29) is 11.9 Å². The highest BCUT2D eigenvalue weighted by Crippen LogP contribution is 2.53. The lowest BCUT2D eigenvalue weighted by molar-refractivity contribution is 0.0597. The van der Waals surface area contributed by atoms with E-state index in [4.69, 9.17) is 9.47 Å². The van der Waals surface area contributed by atoms with Gasteiger partial charge < -0.3 is 14.6 Å². The Morgan fingerprint density at radius 2 is 0.986 bits per heavy atom. The minimum absolute atomic E-state index is 0.289. The summed E-state index contributed by atoms with van der Waals surface area (Å²) in [6.07, 6.45) is 10.7. The first-order valence-electron chi connectivity index (χ1n) is 23.4. The van der Waals surface area contributed by atoms with Gasteiger partial charge in [0.25, 0.3) is 0 Å². The molecular weight excluding hydrogens is 1020 g/mol. The maximum absolute atomic E-state index is 12.1. The monoisotopic (exact) mass is 1070 g/mol. The van der Waals surface area contributed by atoms with Crippen LogP contribution in [0.5, 0.6) is 0 Å². The van der Waals surface area contributed by atoms with E-state index < -0.39 is 22.2 Å². The van der Waals surface area contributed by atoms with Crippen LogP contribution in [-0.4, -0.2) is 78.5 Å². The number of tetrazole rings is 2. The molecule has 11 rings (SSSR count). The van der Waals surface area contributed by atoms with E-state index in [0.717, 1.165) is 108 Å². The number of aromatic amines is 2. The summed E-state index contributed by atoms with van der Waals surface area (Å²) in [6, 6.07) is 14.8. The third-order valence-corrected chi connectivity index (χ3v) is 20.8. The van der Waals surface area contributed by atoms with Crippen molar-refractivity contribution in [3.63, 3.8) is 0 Å². The van der Waals surface area contributed by atoms with Crippen molar-refractivity contribution in [1.82, 2.24) is 41.2 Å². The van der Waals surface area contributed by atoms with Gasteiger partial charge in [-0.2, -0.15) is 15.7 Å². The van der Waals surface area contributed by atoms with E-state index >= 15 is 0 Å². The lowest BCUT2D eigenvalue weighted by atomic mass is 9.78. The van der Waals surface area contributed by atoms with Crippen LogP contribution in [0, 0.1) is 11.3 Å². The number of nitrogens with zero attached hydrogens (tertiary/aromatic N) is 7. The highest BCUT2D eigenvalue weighted by molar-refractivity contribution is 7.16. The molecule has 3 N–H and O–H groups in total. The molecule has 0 fully saturated rings. The summed E-state index contributed by atoms with van der Waals surface area (Å²) >= 11 is 9.40. The Morgan fingerprint density at radius 1 is 0.592 bits per heavy atom. The zero-order valence-corrected chi connectivity index (χ0v) is 44.6. The van der Waals surface area contributed by atoms with E-state index in [1.165, 1.54) is 80.2 Å². The van der Waals surface area contributed by atoms with Crippen LogP contribution in [0.25, 0.3) is 0 Å². The zero-order chi connectivity index (χ0) is 49.9. The third-order valence-electron chi connectivity index (χ3n) is 13.5.